The monoisotopic (exact) mass is 343 g/mol. The molecule has 1 aliphatic rings. The number of anilines is 1. The van der Waals surface area contributed by atoms with E-state index in [9.17, 15) is 9.59 Å². The fourth-order valence-electron chi connectivity index (χ4n) is 3.13. The Hall–Kier alpha value is -2.21. The van der Waals surface area contributed by atoms with Crippen LogP contribution in [-0.2, 0) is 16.0 Å². The molecule has 0 spiro atoms. The number of benzene rings is 1. The van der Waals surface area contributed by atoms with E-state index < -0.39 is 0 Å². The third kappa shape index (κ3) is 3.33. The molecule has 24 heavy (non-hydrogen) atoms. The molecule has 126 valence electrons. The summed E-state index contributed by atoms with van der Waals surface area (Å²) in [6.45, 7) is 5.02. The van der Waals surface area contributed by atoms with Crippen molar-refractivity contribution in [3.05, 3.63) is 46.4 Å². The summed E-state index contributed by atoms with van der Waals surface area (Å²) < 4.78 is 0. The molecule has 1 fully saturated rings. The summed E-state index contributed by atoms with van der Waals surface area (Å²) in [5.41, 5.74) is 1.68. The zero-order valence-electron chi connectivity index (χ0n) is 13.9. The molecule has 0 N–H and O–H groups in total. The predicted octanol–water partition coefficient (Wildman–Crippen LogP) is 2.65. The van der Waals surface area contributed by atoms with E-state index >= 15 is 0 Å². The van der Waals surface area contributed by atoms with Crippen molar-refractivity contribution < 1.29 is 9.59 Å². The number of hydrogen-bond acceptors (Lipinski definition) is 4. The lowest BCUT2D eigenvalue weighted by Crippen LogP contribution is -2.45. The smallest absolute Gasteiger partial charge is 0.249 e. The molecule has 2 heterocycles. The predicted molar refractivity (Wildman–Crippen MR) is 95.1 cm³/mol. The van der Waals surface area contributed by atoms with Gasteiger partial charge in [0.25, 0.3) is 0 Å². The topological polar surface area (TPSA) is 53.5 Å². The number of aromatic nitrogens is 1. The Morgan fingerprint density at radius 2 is 2.12 bits per heavy atom. The summed E-state index contributed by atoms with van der Waals surface area (Å²) in [7, 11) is 0. The summed E-state index contributed by atoms with van der Waals surface area (Å²) in [5, 5.41) is 2.86. The minimum Gasteiger partial charge on any atom is -0.331 e. The number of likely N-dealkylation sites (N-methyl/N-ethyl adjacent to an activating group) is 1. The van der Waals surface area contributed by atoms with Gasteiger partial charge in [0.05, 0.1) is 17.1 Å². The van der Waals surface area contributed by atoms with Crippen LogP contribution in [0.25, 0.3) is 0 Å². The molecule has 2 aromatic rings. The van der Waals surface area contributed by atoms with Gasteiger partial charge in [-0.2, -0.15) is 0 Å². The average Bonchev–Trinajstić information content (AvgIpc) is 3.16. The van der Waals surface area contributed by atoms with E-state index in [1.54, 1.807) is 9.80 Å². The zero-order chi connectivity index (χ0) is 17.1. The van der Waals surface area contributed by atoms with E-state index in [0.29, 0.717) is 19.5 Å². The van der Waals surface area contributed by atoms with E-state index in [1.165, 1.54) is 11.3 Å². The minimum atomic E-state index is -0.373. The molecule has 1 aromatic carbocycles. The lowest BCUT2D eigenvalue weighted by Gasteiger charge is -2.26. The normalized spacial score (nSPS) is 17.3. The second-order valence-electron chi connectivity index (χ2n) is 5.84. The highest BCUT2D eigenvalue weighted by Crippen LogP contribution is 2.24. The van der Waals surface area contributed by atoms with Crippen LogP contribution in [0.15, 0.2) is 35.7 Å². The molecule has 3 rings (SSSR count). The van der Waals surface area contributed by atoms with E-state index in [-0.39, 0.29) is 24.3 Å². The first-order valence-corrected chi connectivity index (χ1v) is 9.05. The quantitative estimate of drug-likeness (QED) is 0.839. The van der Waals surface area contributed by atoms with Crippen LogP contribution in [0.4, 0.5) is 5.69 Å². The lowest BCUT2D eigenvalue weighted by molar-refractivity contribution is -0.137. The van der Waals surface area contributed by atoms with Crippen LogP contribution < -0.4 is 4.90 Å². The van der Waals surface area contributed by atoms with E-state index in [0.717, 1.165) is 16.4 Å². The number of amides is 2. The van der Waals surface area contributed by atoms with Gasteiger partial charge in [0.2, 0.25) is 11.8 Å². The SMILES string of the molecule is CCN(C(=O)Cc1csc(C)n1)[C@@H]1CCN(c2ccccc2)C1=O. The molecule has 2 amide bonds. The molecular weight excluding hydrogens is 322 g/mol. The van der Waals surface area contributed by atoms with Gasteiger partial charge in [-0.3, -0.25) is 9.59 Å². The molecule has 1 atom stereocenters. The van der Waals surface area contributed by atoms with Gasteiger partial charge in [0.1, 0.15) is 6.04 Å². The summed E-state index contributed by atoms with van der Waals surface area (Å²) in [5.74, 6) is -0.0260. The molecule has 0 aliphatic carbocycles. The third-order valence-electron chi connectivity index (χ3n) is 4.28. The number of carbonyl (C=O) groups excluding carboxylic acids is 2. The van der Waals surface area contributed by atoms with Crippen molar-refractivity contribution in [3.8, 4) is 0 Å². The molecule has 5 nitrogen and oxygen atoms in total. The maximum atomic E-state index is 12.8. The summed E-state index contributed by atoms with van der Waals surface area (Å²) in [4.78, 5) is 33.3. The van der Waals surface area contributed by atoms with Gasteiger partial charge in [-0.05, 0) is 32.4 Å². The molecule has 1 saturated heterocycles. The number of aryl methyl sites for hydroxylation is 1. The third-order valence-corrected chi connectivity index (χ3v) is 5.10. The van der Waals surface area contributed by atoms with Crippen LogP contribution in [0.5, 0.6) is 0 Å². The van der Waals surface area contributed by atoms with Gasteiger partial charge in [0, 0.05) is 24.2 Å². The van der Waals surface area contributed by atoms with Gasteiger partial charge in [-0.25, -0.2) is 4.98 Å². The van der Waals surface area contributed by atoms with Crippen molar-refractivity contribution in [1.82, 2.24) is 9.88 Å². The highest BCUT2D eigenvalue weighted by atomic mass is 32.1. The number of thiazole rings is 1. The molecule has 1 aliphatic heterocycles. The Kier molecular flexibility index (Phi) is 4.94. The maximum Gasteiger partial charge on any atom is 0.249 e. The van der Waals surface area contributed by atoms with Crippen LogP contribution in [0.3, 0.4) is 0 Å². The number of rotatable bonds is 5. The van der Waals surface area contributed by atoms with Crippen LogP contribution >= 0.6 is 11.3 Å². The number of hydrogen-bond donors (Lipinski definition) is 0. The Morgan fingerprint density at radius 3 is 2.75 bits per heavy atom. The lowest BCUT2D eigenvalue weighted by atomic mass is 10.2. The van der Waals surface area contributed by atoms with Gasteiger partial charge >= 0.3 is 0 Å². The largest absolute Gasteiger partial charge is 0.331 e. The highest BCUT2D eigenvalue weighted by Gasteiger charge is 2.38. The fourth-order valence-corrected chi connectivity index (χ4v) is 3.75. The van der Waals surface area contributed by atoms with Crippen molar-refractivity contribution in [2.75, 3.05) is 18.0 Å². The minimum absolute atomic E-state index is 0.00542. The van der Waals surface area contributed by atoms with Crippen LogP contribution in [0.1, 0.15) is 24.0 Å². The van der Waals surface area contributed by atoms with Crippen LogP contribution in [0, 0.1) is 6.92 Å². The standard InChI is InChI=1S/C18H21N3O2S/c1-3-20(17(22)11-14-12-24-13(2)19-14)16-9-10-21(18(16)23)15-7-5-4-6-8-15/h4-8,12,16H,3,9-11H2,1-2H3/t16-/m1/s1. The molecular formula is C18H21N3O2S. The average molecular weight is 343 g/mol. The van der Waals surface area contributed by atoms with Crippen LogP contribution in [0.2, 0.25) is 0 Å². The van der Waals surface area contributed by atoms with E-state index in [1.807, 2.05) is 49.6 Å². The molecule has 0 bridgehead atoms. The first-order chi connectivity index (χ1) is 11.6. The van der Waals surface area contributed by atoms with Gasteiger partial charge in [-0.1, -0.05) is 18.2 Å². The number of carbonyl (C=O) groups is 2. The molecule has 6 heteroatoms. The van der Waals surface area contributed by atoms with Crippen molar-refractivity contribution in [1.29, 1.82) is 0 Å². The first kappa shape index (κ1) is 16.6. The number of nitrogens with zero attached hydrogens (tertiary/aromatic N) is 3. The maximum absolute atomic E-state index is 12.8. The van der Waals surface area contributed by atoms with E-state index in [4.69, 9.17) is 0 Å². The molecule has 1 aromatic heterocycles. The second-order valence-corrected chi connectivity index (χ2v) is 6.91. The molecule has 0 saturated carbocycles. The van der Waals surface area contributed by atoms with Gasteiger partial charge in [-0.15, -0.1) is 11.3 Å². The Balaban J connectivity index is 1.72. The summed E-state index contributed by atoms with van der Waals surface area (Å²) in [6.07, 6.45) is 0.927. The van der Waals surface area contributed by atoms with Crippen molar-refractivity contribution >= 4 is 28.8 Å². The van der Waals surface area contributed by atoms with Crippen LogP contribution in [-0.4, -0.2) is 40.8 Å². The number of para-hydroxylation sites is 1. The summed E-state index contributed by atoms with van der Waals surface area (Å²) >= 11 is 1.54. The van der Waals surface area contributed by atoms with Crippen molar-refractivity contribution in [2.24, 2.45) is 0 Å². The van der Waals surface area contributed by atoms with Crippen molar-refractivity contribution in [2.45, 2.75) is 32.7 Å². The first-order valence-electron chi connectivity index (χ1n) is 8.17. The summed E-state index contributed by atoms with van der Waals surface area (Å²) in [6, 6.07) is 9.25. The van der Waals surface area contributed by atoms with Gasteiger partial charge in [0.15, 0.2) is 0 Å². The molecule has 0 radical (unpaired) electrons. The Bertz CT molecular complexity index is 729. The fraction of sp³-hybridized carbons (Fsp3) is 0.389. The molecule has 0 unspecified atom stereocenters. The second kappa shape index (κ2) is 7.13. The Labute approximate surface area is 145 Å². The highest BCUT2D eigenvalue weighted by molar-refractivity contribution is 7.09. The van der Waals surface area contributed by atoms with E-state index in [2.05, 4.69) is 4.98 Å². The van der Waals surface area contributed by atoms with Gasteiger partial charge < -0.3 is 9.80 Å². The van der Waals surface area contributed by atoms with Crippen molar-refractivity contribution in [3.63, 3.8) is 0 Å². The zero-order valence-corrected chi connectivity index (χ0v) is 14.8. The Morgan fingerprint density at radius 1 is 1.38 bits per heavy atom.